The Kier molecular flexibility index (Phi) is 6.82. The van der Waals surface area contributed by atoms with Crippen LogP contribution in [0.4, 0.5) is 5.69 Å². The van der Waals surface area contributed by atoms with Crippen molar-refractivity contribution in [2.45, 2.75) is 38.7 Å². The lowest BCUT2D eigenvalue weighted by Crippen LogP contribution is -1.95. The van der Waals surface area contributed by atoms with E-state index < -0.39 is 0 Å². The first-order valence-corrected chi connectivity index (χ1v) is 7.81. The summed E-state index contributed by atoms with van der Waals surface area (Å²) in [6.45, 7) is 1.59. The van der Waals surface area contributed by atoms with E-state index >= 15 is 0 Å². The van der Waals surface area contributed by atoms with Gasteiger partial charge in [0.25, 0.3) is 0 Å². The van der Waals surface area contributed by atoms with E-state index in [1.54, 1.807) is 0 Å². The van der Waals surface area contributed by atoms with Crippen molar-refractivity contribution in [3.05, 3.63) is 65.7 Å². The highest BCUT2D eigenvalue weighted by Gasteiger charge is 1.95. The highest BCUT2D eigenvalue weighted by Crippen LogP contribution is 2.10. The molecular formula is C19H25NO. The van der Waals surface area contributed by atoms with E-state index in [-0.39, 0.29) is 0 Å². The molecule has 0 bridgehead atoms. The predicted octanol–water partition coefficient (Wildman–Crippen LogP) is 4.59. The molecule has 0 radical (unpaired) electrons. The summed E-state index contributed by atoms with van der Waals surface area (Å²) >= 11 is 0. The van der Waals surface area contributed by atoms with E-state index in [4.69, 9.17) is 10.5 Å². The first kappa shape index (κ1) is 15.6. The lowest BCUT2D eigenvalue weighted by molar-refractivity contribution is 0.117. The van der Waals surface area contributed by atoms with Crippen LogP contribution in [0.1, 0.15) is 36.8 Å². The third kappa shape index (κ3) is 6.46. The number of hydrogen-bond donors (Lipinski definition) is 1. The number of hydrogen-bond acceptors (Lipinski definition) is 2. The second-order valence-electron chi connectivity index (χ2n) is 5.44. The Morgan fingerprint density at radius 3 is 2.19 bits per heavy atom. The molecule has 0 aliphatic rings. The summed E-state index contributed by atoms with van der Waals surface area (Å²) in [4.78, 5) is 0. The van der Waals surface area contributed by atoms with Crippen LogP contribution in [-0.2, 0) is 17.8 Å². The Balaban J connectivity index is 1.46. The normalized spacial score (nSPS) is 10.7. The van der Waals surface area contributed by atoms with Gasteiger partial charge in [0.15, 0.2) is 0 Å². The molecule has 2 aromatic rings. The summed E-state index contributed by atoms with van der Waals surface area (Å²) in [7, 11) is 0. The van der Waals surface area contributed by atoms with E-state index in [9.17, 15) is 0 Å². The molecule has 0 atom stereocenters. The van der Waals surface area contributed by atoms with Gasteiger partial charge in [0.2, 0.25) is 0 Å². The van der Waals surface area contributed by atoms with Crippen molar-refractivity contribution < 1.29 is 4.74 Å². The van der Waals surface area contributed by atoms with Gasteiger partial charge >= 0.3 is 0 Å². The van der Waals surface area contributed by atoms with Crippen LogP contribution in [0, 0.1) is 0 Å². The SMILES string of the molecule is Nc1ccc(CCCCCCOCc2ccccc2)cc1. The lowest BCUT2D eigenvalue weighted by Gasteiger charge is -2.05. The third-order valence-corrected chi connectivity index (χ3v) is 3.60. The van der Waals surface area contributed by atoms with Crippen molar-refractivity contribution in [1.29, 1.82) is 0 Å². The zero-order valence-electron chi connectivity index (χ0n) is 12.6. The molecule has 0 aromatic heterocycles. The number of nitrogens with two attached hydrogens (primary N) is 1. The Morgan fingerprint density at radius 1 is 0.714 bits per heavy atom. The first-order valence-electron chi connectivity index (χ1n) is 7.81. The lowest BCUT2D eigenvalue weighted by atomic mass is 10.1. The molecule has 112 valence electrons. The highest BCUT2D eigenvalue weighted by molar-refractivity contribution is 5.39. The monoisotopic (exact) mass is 283 g/mol. The molecule has 0 heterocycles. The molecule has 0 aliphatic heterocycles. The molecule has 0 fully saturated rings. The molecule has 2 N–H and O–H groups in total. The minimum Gasteiger partial charge on any atom is -0.399 e. The summed E-state index contributed by atoms with van der Waals surface area (Å²) < 4.78 is 5.68. The Morgan fingerprint density at radius 2 is 1.43 bits per heavy atom. The summed E-state index contributed by atoms with van der Waals surface area (Å²) in [5.41, 5.74) is 9.15. The van der Waals surface area contributed by atoms with Gasteiger partial charge in [-0.25, -0.2) is 0 Å². The molecule has 0 saturated heterocycles. The summed E-state index contributed by atoms with van der Waals surface area (Å²) in [5, 5.41) is 0. The van der Waals surface area contributed by atoms with Crippen LogP contribution in [0.5, 0.6) is 0 Å². The maximum atomic E-state index is 5.68. The summed E-state index contributed by atoms with van der Waals surface area (Å²) in [5.74, 6) is 0. The van der Waals surface area contributed by atoms with E-state index in [1.165, 1.54) is 30.4 Å². The van der Waals surface area contributed by atoms with Gasteiger partial charge in [0.05, 0.1) is 6.61 Å². The minimum absolute atomic E-state index is 0.728. The van der Waals surface area contributed by atoms with E-state index in [0.717, 1.165) is 31.7 Å². The van der Waals surface area contributed by atoms with Gasteiger partial charge in [-0.2, -0.15) is 0 Å². The van der Waals surface area contributed by atoms with Gasteiger partial charge in [-0.05, 0) is 42.5 Å². The van der Waals surface area contributed by atoms with E-state index in [1.807, 2.05) is 18.2 Å². The largest absolute Gasteiger partial charge is 0.399 e. The molecule has 2 nitrogen and oxygen atoms in total. The fourth-order valence-corrected chi connectivity index (χ4v) is 2.34. The minimum atomic E-state index is 0.728. The van der Waals surface area contributed by atoms with Gasteiger partial charge in [0, 0.05) is 12.3 Å². The number of aryl methyl sites for hydroxylation is 1. The number of unbranched alkanes of at least 4 members (excludes halogenated alkanes) is 3. The van der Waals surface area contributed by atoms with Gasteiger partial charge in [-0.3, -0.25) is 0 Å². The molecule has 0 spiro atoms. The van der Waals surface area contributed by atoms with E-state index in [2.05, 4.69) is 36.4 Å². The fourth-order valence-electron chi connectivity index (χ4n) is 2.34. The molecule has 2 aromatic carbocycles. The van der Waals surface area contributed by atoms with Crippen molar-refractivity contribution in [2.75, 3.05) is 12.3 Å². The zero-order valence-corrected chi connectivity index (χ0v) is 12.6. The van der Waals surface area contributed by atoms with Crippen LogP contribution in [0.25, 0.3) is 0 Å². The van der Waals surface area contributed by atoms with Crippen molar-refractivity contribution >= 4 is 5.69 Å². The number of anilines is 1. The van der Waals surface area contributed by atoms with Crippen LogP contribution >= 0.6 is 0 Å². The predicted molar refractivity (Wildman–Crippen MR) is 89.1 cm³/mol. The smallest absolute Gasteiger partial charge is 0.0716 e. The molecule has 21 heavy (non-hydrogen) atoms. The van der Waals surface area contributed by atoms with Gasteiger partial charge in [-0.1, -0.05) is 55.3 Å². The summed E-state index contributed by atoms with van der Waals surface area (Å²) in [6, 6.07) is 18.5. The molecule has 0 unspecified atom stereocenters. The maximum absolute atomic E-state index is 5.68. The average Bonchev–Trinajstić information content (AvgIpc) is 2.53. The molecule has 0 aliphatic carbocycles. The van der Waals surface area contributed by atoms with Crippen LogP contribution in [0.2, 0.25) is 0 Å². The van der Waals surface area contributed by atoms with Crippen LogP contribution in [0.15, 0.2) is 54.6 Å². The van der Waals surface area contributed by atoms with Gasteiger partial charge in [0.1, 0.15) is 0 Å². The van der Waals surface area contributed by atoms with Gasteiger partial charge < -0.3 is 10.5 Å². The van der Waals surface area contributed by atoms with Crippen molar-refractivity contribution in [1.82, 2.24) is 0 Å². The third-order valence-electron chi connectivity index (χ3n) is 3.60. The number of ether oxygens (including phenoxy) is 1. The summed E-state index contributed by atoms with van der Waals surface area (Å²) in [6.07, 6.45) is 6.03. The quantitative estimate of drug-likeness (QED) is 0.539. The standard InChI is InChI=1S/C19H25NO/c20-19-13-11-17(12-14-19)8-4-1-2-7-15-21-16-18-9-5-3-6-10-18/h3,5-6,9-14H,1-2,4,7-8,15-16,20H2. The van der Waals surface area contributed by atoms with Crippen LogP contribution in [-0.4, -0.2) is 6.61 Å². The first-order chi connectivity index (χ1) is 10.3. The molecule has 2 heteroatoms. The average molecular weight is 283 g/mol. The van der Waals surface area contributed by atoms with Crippen LogP contribution in [0.3, 0.4) is 0 Å². The zero-order chi connectivity index (χ0) is 14.8. The maximum Gasteiger partial charge on any atom is 0.0716 e. The Labute approximate surface area is 127 Å². The molecular weight excluding hydrogens is 258 g/mol. The highest BCUT2D eigenvalue weighted by atomic mass is 16.5. The topological polar surface area (TPSA) is 35.2 Å². The fraction of sp³-hybridized carbons (Fsp3) is 0.368. The van der Waals surface area contributed by atoms with Gasteiger partial charge in [-0.15, -0.1) is 0 Å². The second kappa shape index (κ2) is 9.19. The van der Waals surface area contributed by atoms with Crippen molar-refractivity contribution in [2.24, 2.45) is 0 Å². The van der Waals surface area contributed by atoms with Crippen molar-refractivity contribution in [3.63, 3.8) is 0 Å². The molecule has 0 amide bonds. The van der Waals surface area contributed by atoms with Crippen molar-refractivity contribution in [3.8, 4) is 0 Å². The van der Waals surface area contributed by atoms with Crippen LogP contribution < -0.4 is 5.73 Å². The molecule has 0 saturated carbocycles. The second-order valence-corrected chi connectivity index (χ2v) is 5.44. The number of rotatable bonds is 9. The van der Waals surface area contributed by atoms with E-state index in [0.29, 0.717) is 0 Å². The number of benzene rings is 2. The Bertz CT molecular complexity index is 493. The molecule has 2 rings (SSSR count). The number of nitrogen functional groups attached to an aromatic ring is 1. The Hall–Kier alpha value is -1.80.